The van der Waals surface area contributed by atoms with E-state index in [1.807, 2.05) is 19.2 Å². The number of halogens is 2. The van der Waals surface area contributed by atoms with E-state index in [1.165, 1.54) is 10.4 Å². The maximum absolute atomic E-state index is 6.35. The molecule has 2 aromatic rings. The zero-order valence-corrected chi connectivity index (χ0v) is 12.8. The quantitative estimate of drug-likeness (QED) is 0.854. The molecule has 0 saturated heterocycles. The summed E-state index contributed by atoms with van der Waals surface area (Å²) >= 11 is 11.6. The molecule has 0 aliphatic carbocycles. The monoisotopic (exact) mass is 329 g/mol. The fourth-order valence-electron chi connectivity index (χ4n) is 1.92. The van der Waals surface area contributed by atoms with Crippen molar-refractivity contribution in [1.82, 2.24) is 5.32 Å². The predicted octanol–water partition coefficient (Wildman–Crippen LogP) is 4.78. The summed E-state index contributed by atoms with van der Waals surface area (Å²) < 4.78 is 0.935. The molecule has 4 heteroatoms. The van der Waals surface area contributed by atoms with E-state index < -0.39 is 0 Å². The van der Waals surface area contributed by atoms with Crippen LogP contribution in [0.25, 0.3) is 0 Å². The summed E-state index contributed by atoms with van der Waals surface area (Å²) in [6.45, 7) is 2.14. The van der Waals surface area contributed by atoms with E-state index in [-0.39, 0.29) is 6.04 Å². The molecule has 1 aromatic heterocycles. The van der Waals surface area contributed by atoms with E-state index >= 15 is 0 Å². The third-order valence-corrected chi connectivity index (χ3v) is 4.96. The molecule has 0 spiro atoms. The fourth-order valence-corrected chi connectivity index (χ4v) is 3.27. The van der Waals surface area contributed by atoms with E-state index in [4.69, 9.17) is 11.6 Å². The smallest absolute Gasteiger partial charge is 0.0600 e. The Kier molecular flexibility index (Phi) is 4.26. The van der Waals surface area contributed by atoms with Crippen LogP contribution in [0.5, 0.6) is 0 Å². The number of rotatable bonds is 3. The van der Waals surface area contributed by atoms with Gasteiger partial charge < -0.3 is 5.32 Å². The Bertz CT molecular complexity index is 524. The molecule has 0 aliphatic heterocycles. The van der Waals surface area contributed by atoms with Gasteiger partial charge in [0.15, 0.2) is 0 Å². The normalized spacial score (nSPS) is 12.7. The largest absolute Gasteiger partial charge is 0.309 e. The van der Waals surface area contributed by atoms with Crippen molar-refractivity contribution in [1.29, 1.82) is 0 Å². The Morgan fingerprint density at radius 3 is 2.65 bits per heavy atom. The average Bonchev–Trinajstić information content (AvgIpc) is 2.72. The first-order valence-electron chi connectivity index (χ1n) is 5.30. The maximum Gasteiger partial charge on any atom is 0.0600 e. The molecule has 0 fully saturated rings. The van der Waals surface area contributed by atoms with Crippen molar-refractivity contribution >= 4 is 38.9 Å². The Hall–Kier alpha value is -0.350. The van der Waals surface area contributed by atoms with Crippen molar-refractivity contribution in [3.63, 3.8) is 0 Å². The maximum atomic E-state index is 6.35. The molecule has 1 N–H and O–H groups in total. The third-order valence-electron chi connectivity index (χ3n) is 2.79. The van der Waals surface area contributed by atoms with Crippen LogP contribution in [0.3, 0.4) is 0 Å². The number of hydrogen-bond acceptors (Lipinski definition) is 2. The lowest BCUT2D eigenvalue weighted by Gasteiger charge is -2.18. The predicted molar refractivity (Wildman–Crippen MR) is 79.1 cm³/mol. The van der Waals surface area contributed by atoms with Crippen molar-refractivity contribution in [2.45, 2.75) is 13.0 Å². The molecule has 1 aromatic carbocycles. The van der Waals surface area contributed by atoms with Crippen LogP contribution in [0, 0.1) is 6.92 Å². The highest BCUT2D eigenvalue weighted by molar-refractivity contribution is 9.10. The van der Waals surface area contributed by atoms with Gasteiger partial charge in [-0.25, -0.2) is 0 Å². The molecule has 0 bridgehead atoms. The first-order chi connectivity index (χ1) is 8.15. The van der Waals surface area contributed by atoms with Gasteiger partial charge in [-0.3, -0.25) is 0 Å². The highest BCUT2D eigenvalue weighted by Gasteiger charge is 2.18. The molecule has 90 valence electrons. The first-order valence-corrected chi connectivity index (χ1v) is 7.35. The lowest BCUT2D eigenvalue weighted by molar-refractivity contribution is 0.691. The molecule has 1 unspecified atom stereocenters. The van der Waals surface area contributed by atoms with Crippen molar-refractivity contribution in [2.24, 2.45) is 0 Å². The van der Waals surface area contributed by atoms with Gasteiger partial charge in [-0.1, -0.05) is 23.7 Å². The van der Waals surface area contributed by atoms with Crippen molar-refractivity contribution in [2.75, 3.05) is 7.05 Å². The summed E-state index contributed by atoms with van der Waals surface area (Å²) in [4.78, 5) is 1.32. The van der Waals surface area contributed by atoms with Gasteiger partial charge in [-0.05, 0) is 58.5 Å². The molecule has 1 nitrogen and oxygen atoms in total. The van der Waals surface area contributed by atoms with Gasteiger partial charge >= 0.3 is 0 Å². The van der Waals surface area contributed by atoms with Gasteiger partial charge in [-0.2, -0.15) is 0 Å². The summed E-state index contributed by atoms with van der Waals surface area (Å²) in [6.07, 6.45) is 0. The molecule has 0 saturated carbocycles. The van der Waals surface area contributed by atoms with Crippen LogP contribution >= 0.6 is 38.9 Å². The highest BCUT2D eigenvalue weighted by atomic mass is 79.9. The minimum absolute atomic E-state index is 0.145. The second-order valence-electron chi connectivity index (χ2n) is 3.80. The van der Waals surface area contributed by atoms with Crippen molar-refractivity contribution in [3.05, 3.63) is 55.1 Å². The number of benzene rings is 1. The summed E-state index contributed by atoms with van der Waals surface area (Å²) in [6, 6.07) is 8.33. The van der Waals surface area contributed by atoms with Gasteiger partial charge in [0.2, 0.25) is 0 Å². The molecule has 1 heterocycles. The number of aryl methyl sites for hydroxylation is 1. The van der Waals surface area contributed by atoms with Gasteiger partial charge in [0.1, 0.15) is 0 Å². The molecule has 0 radical (unpaired) electrons. The van der Waals surface area contributed by atoms with E-state index in [2.05, 4.69) is 45.7 Å². The average molecular weight is 331 g/mol. The molecule has 0 aliphatic rings. The van der Waals surface area contributed by atoms with E-state index in [9.17, 15) is 0 Å². The third kappa shape index (κ3) is 2.58. The highest BCUT2D eigenvalue weighted by Crippen LogP contribution is 2.35. The Balaban J connectivity index is 2.50. The zero-order chi connectivity index (χ0) is 12.4. The van der Waals surface area contributed by atoms with Crippen LogP contribution < -0.4 is 5.32 Å². The molecule has 2 rings (SSSR count). The van der Waals surface area contributed by atoms with Crippen molar-refractivity contribution < 1.29 is 0 Å². The SMILES string of the molecule is CNC(c1ccsc1C)c1cccc(Br)c1Cl. The second-order valence-corrected chi connectivity index (χ2v) is 6.15. The number of thiophene rings is 1. The molecular weight excluding hydrogens is 318 g/mol. The Labute approximate surface area is 119 Å². The molecule has 1 atom stereocenters. The molecular formula is C13H13BrClNS. The van der Waals surface area contributed by atoms with Crippen LogP contribution in [0.2, 0.25) is 5.02 Å². The van der Waals surface area contributed by atoms with Gasteiger partial charge in [-0.15, -0.1) is 11.3 Å². The fraction of sp³-hybridized carbons (Fsp3) is 0.231. The minimum Gasteiger partial charge on any atom is -0.309 e. The van der Waals surface area contributed by atoms with Crippen LogP contribution in [-0.2, 0) is 0 Å². The van der Waals surface area contributed by atoms with Gasteiger partial charge in [0.25, 0.3) is 0 Å². The minimum atomic E-state index is 0.145. The van der Waals surface area contributed by atoms with Crippen LogP contribution in [0.1, 0.15) is 22.0 Å². The van der Waals surface area contributed by atoms with Crippen LogP contribution in [0.15, 0.2) is 34.1 Å². The standard InChI is InChI=1S/C13H13BrClNS/c1-8-9(6-7-17-8)13(16-2)10-4-3-5-11(14)12(10)15/h3-7,13,16H,1-2H3. The second kappa shape index (κ2) is 5.53. The zero-order valence-electron chi connectivity index (χ0n) is 9.63. The Morgan fingerprint density at radius 2 is 2.06 bits per heavy atom. The van der Waals surface area contributed by atoms with Crippen LogP contribution in [-0.4, -0.2) is 7.05 Å². The first kappa shape index (κ1) is 13.1. The topological polar surface area (TPSA) is 12.0 Å². The van der Waals surface area contributed by atoms with E-state index in [0.29, 0.717) is 0 Å². The van der Waals surface area contributed by atoms with Crippen LogP contribution in [0.4, 0.5) is 0 Å². The summed E-state index contributed by atoms with van der Waals surface area (Å²) in [5, 5.41) is 6.22. The summed E-state index contributed by atoms with van der Waals surface area (Å²) in [5.74, 6) is 0. The number of nitrogens with one attached hydrogen (secondary N) is 1. The lowest BCUT2D eigenvalue weighted by atomic mass is 10.00. The van der Waals surface area contributed by atoms with Crippen molar-refractivity contribution in [3.8, 4) is 0 Å². The number of hydrogen-bond donors (Lipinski definition) is 1. The van der Waals surface area contributed by atoms with Gasteiger partial charge in [0.05, 0.1) is 11.1 Å². The summed E-state index contributed by atoms with van der Waals surface area (Å²) in [5.41, 5.74) is 2.39. The lowest BCUT2D eigenvalue weighted by Crippen LogP contribution is -2.18. The molecule has 0 amide bonds. The van der Waals surface area contributed by atoms with Gasteiger partial charge in [0, 0.05) is 9.35 Å². The van der Waals surface area contributed by atoms with E-state index in [1.54, 1.807) is 11.3 Å². The Morgan fingerprint density at radius 1 is 1.29 bits per heavy atom. The molecule has 17 heavy (non-hydrogen) atoms. The summed E-state index contributed by atoms with van der Waals surface area (Å²) in [7, 11) is 1.96. The van der Waals surface area contributed by atoms with E-state index in [0.717, 1.165) is 15.1 Å².